The minimum Gasteiger partial charge on any atom is -0.319 e. The van der Waals surface area contributed by atoms with Gasteiger partial charge in [-0.2, -0.15) is 0 Å². The third kappa shape index (κ3) is 3.24. The maximum absolute atomic E-state index is 13.3. The molecule has 6 nitrogen and oxygen atoms in total. The molecule has 2 aliphatic rings. The lowest BCUT2D eigenvalue weighted by molar-refractivity contribution is -0.117. The Bertz CT molecular complexity index is 937. The van der Waals surface area contributed by atoms with Crippen LogP contribution in [0.3, 0.4) is 0 Å². The number of rotatable bonds is 2. The molecule has 0 radical (unpaired) electrons. The van der Waals surface area contributed by atoms with Gasteiger partial charge >= 0.3 is 0 Å². The van der Waals surface area contributed by atoms with Gasteiger partial charge in [0.2, 0.25) is 5.91 Å². The van der Waals surface area contributed by atoms with E-state index in [0.717, 1.165) is 18.5 Å². The van der Waals surface area contributed by atoms with Crippen molar-refractivity contribution in [1.82, 2.24) is 9.88 Å². The number of carbonyl (C=O) groups excluding carboxylic acids is 2. The fourth-order valence-electron chi connectivity index (χ4n) is 3.58. The zero-order chi connectivity index (χ0) is 19.0. The van der Waals surface area contributed by atoms with Crippen LogP contribution in [0.4, 0.5) is 17.2 Å². The molecular formula is C21H22N4O2. The molecule has 2 aliphatic heterocycles. The third-order valence-electron chi connectivity index (χ3n) is 5.24. The molecule has 1 aromatic heterocycles. The molecule has 1 atom stereocenters. The van der Waals surface area contributed by atoms with E-state index in [4.69, 9.17) is 0 Å². The summed E-state index contributed by atoms with van der Waals surface area (Å²) in [7, 11) is 2.09. The molecule has 2 aromatic rings. The van der Waals surface area contributed by atoms with Crippen molar-refractivity contribution in [2.45, 2.75) is 25.8 Å². The number of carbonyl (C=O) groups is 2. The summed E-state index contributed by atoms with van der Waals surface area (Å²) in [6, 6.07) is 11.1. The van der Waals surface area contributed by atoms with Crippen molar-refractivity contribution >= 4 is 29.0 Å². The number of nitrogens with zero attached hydrogens (tertiary/aromatic N) is 3. The lowest BCUT2D eigenvalue weighted by Gasteiger charge is -2.30. The topological polar surface area (TPSA) is 65.5 Å². The lowest BCUT2D eigenvalue weighted by Crippen LogP contribution is -2.34. The third-order valence-corrected chi connectivity index (χ3v) is 5.24. The van der Waals surface area contributed by atoms with E-state index in [2.05, 4.69) is 35.2 Å². The molecule has 0 saturated heterocycles. The van der Waals surface area contributed by atoms with Crippen LogP contribution in [0.2, 0.25) is 0 Å². The Kier molecular flexibility index (Phi) is 4.49. The molecule has 4 rings (SSSR count). The van der Waals surface area contributed by atoms with E-state index in [1.54, 1.807) is 41.4 Å². The number of likely N-dealkylation sites (N-methyl/N-ethyl adjacent to an activating group) is 1. The van der Waals surface area contributed by atoms with Crippen LogP contribution in [0, 0.1) is 0 Å². The van der Waals surface area contributed by atoms with Crippen LogP contribution in [0.1, 0.15) is 30.1 Å². The Hall–Kier alpha value is -2.99. The zero-order valence-corrected chi connectivity index (χ0v) is 15.5. The summed E-state index contributed by atoms with van der Waals surface area (Å²) in [6.07, 6.45) is 4.95. The first kappa shape index (κ1) is 17.4. The van der Waals surface area contributed by atoms with E-state index < -0.39 is 0 Å². The molecule has 0 fully saturated rings. The highest BCUT2D eigenvalue weighted by Crippen LogP contribution is 2.37. The highest BCUT2D eigenvalue weighted by molar-refractivity contribution is 6.17. The summed E-state index contributed by atoms with van der Waals surface area (Å²) >= 11 is 0. The fraction of sp³-hybridized carbons (Fsp3) is 0.286. The van der Waals surface area contributed by atoms with Gasteiger partial charge in [-0.3, -0.25) is 19.4 Å². The van der Waals surface area contributed by atoms with Crippen molar-refractivity contribution in [2.75, 3.05) is 23.8 Å². The predicted octanol–water partition coefficient (Wildman–Crippen LogP) is 3.35. The molecule has 1 N–H and O–H groups in total. The van der Waals surface area contributed by atoms with E-state index in [1.165, 1.54) is 0 Å². The first-order chi connectivity index (χ1) is 13.0. The standard InChI is InChI=1S/C21H22N4O2/c1-14-12-15(9-11-24(14)2)13-19(26)25-18-8-4-3-6-16(18)21(27)23-17-7-5-10-22-20(17)25/h3-10,14H,11-13H2,1-2H3,(H,23,27). The normalized spacial score (nSPS) is 19.5. The number of hydrogen-bond acceptors (Lipinski definition) is 4. The van der Waals surface area contributed by atoms with Gasteiger partial charge in [-0.25, -0.2) is 4.98 Å². The number of anilines is 3. The van der Waals surface area contributed by atoms with Crippen LogP contribution >= 0.6 is 0 Å². The van der Waals surface area contributed by atoms with Crippen molar-refractivity contribution in [3.63, 3.8) is 0 Å². The van der Waals surface area contributed by atoms with Crippen LogP contribution < -0.4 is 10.2 Å². The van der Waals surface area contributed by atoms with Gasteiger partial charge in [0.15, 0.2) is 5.82 Å². The number of benzene rings is 1. The molecule has 2 amide bonds. The SMILES string of the molecule is CC1CC(CC(=O)N2c3ccccc3C(=O)Nc3cccnc32)=CCN1C. The Morgan fingerprint density at radius 2 is 2.07 bits per heavy atom. The van der Waals surface area contributed by atoms with Gasteiger partial charge in [0, 0.05) is 25.2 Å². The lowest BCUT2D eigenvalue weighted by atomic mass is 9.98. The number of nitrogens with one attached hydrogen (secondary N) is 1. The van der Waals surface area contributed by atoms with Crippen molar-refractivity contribution in [2.24, 2.45) is 0 Å². The van der Waals surface area contributed by atoms with Crippen LogP contribution in [-0.2, 0) is 4.79 Å². The molecule has 6 heteroatoms. The molecule has 0 bridgehead atoms. The summed E-state index contributed by atoms with van der Waals surface area (Å²) < 4.78 is 0. The molecule has 138 valence electrons. The minimum absolute atomic E-state index is 0.0816. The van der Waals surface area contributed by atoms with Crippen molar-refractivity contribution in [3.8, 4) is 0 Å². The monoisotopic (exact) mass is 362 g/mol. The first-order valence-corrected chi connectivity index (χ1v) is 9.11. The molecular weight excluding hydrogens is 340 g/mol. The second-order valence-corrected chi connectivity index (χ2v) is 7.11. The molecule has 27 heavy (non-hydrogen) atoms. The second-order valence-electron chi connectivity index (χ2n) is 7.11. The number of para-hydroxylation sites is 1. The van der Waals surface area contributed by atoms with Gasteiger partial charge in [0.25, 0.3) is 5.91 Å². The fourth-order valence-corrected chi connectivity index (χ4v) is 3.58. The summed E-state index contributed by atoms with van der Waals surface area (Å²) in [5.41, 5.74) is 2.70. The number of hydrogen-bond donors (Lipinski definition) is 1. The average molecular weight is 362 g/mol. The molecule has 0 aliphatic carbocycles. The molecule has 1 aromatic carbocycles. The minimum atomic E-state index is -0.234. The van der Waals surface area contributed by atoms with Crippen molar-refractivity contribution in [1.29, 1.82) is 0 Å². The van der Waals surface area contributed by atoms with E-state index >= 15 is 0 Å². The molecule has 1 unspecified atom stereocenters. The van der Waals surface area contributed by atoms with Crippen LogP contribution in [0.25, 0.3) is 0 Å². The van der Waals surface area contributed by atoms with Gasteiger partial charge in [0.1, 0.15) is 0 Å². The Morgan fingerprint density at radius 3 is 2.89 bits per heavy atom. The Balaban J connectivity index is 1.74. The molecule has 3 heterocycles. The highest BCUT2D eigenvalue weighted by Gasteiger charge is 2.31. The highest BCUT2D eigenvalue weighted by atomic mass is 16.2. The van der Waals surface area contributed by atoms with Gasteiger partial charge in [0.05, 0.1) is 16.9 Å². The smallest absolute Gasteiger partial charge is 0.257 e. The summed E-state index contributed by atoms with van der Waals surface area (Å²) in [5, 5.41) is 2.86. The van der Waals surface area contributed by atoms with Crippen LogP contribution in [0.5, 0.6) is 0 Å². The second kappa shape index (κ2) is 6.96. The Morgan fingerprint density at radius 1 is 1.26 bits per heavy atom. The molecule has 0 spiro atoms. The van der Waals surface area contributed by atoms with E-state index in [9.17, 15) is 9.59 Å². The number of fused-ring (bicyclic) bond motifs is 2. The van der Waals surface area contributed by atoms with Crippen LogP contribution in [-0.4, -0.2) is 41.3 Å². The van der Waals surface area contributed by atoms with Crippen LogP contribution in [0.15, 0.2) is 54.2 Å². The number of amides is 2. The van der Waals surface area contributed by atoms with Gasteiger partial charge < -0.3 is 5.32 Å². The quantitative estimate of drug-likeness (QED) is 0.832. The summed E-state index contributed by atoms with van der Waals surface area (Å²) in [6.45, 7) is 3.01. The van der Waals surface area contributed by atoms with Crippen molar-refractivity contribution < 1.29 is 9.59 Å². The zero-order valence-electron chi connectivity index (χ0n) is 15.5. The van der Waals surface area contributed by atoms with E-state index in [1.807, 2.05) is 6.07 Å². The summed E-state index contributed by atoms with van der Waals surface area (Å²) in [4.78, 5) is 34.2. The average Bonchev–Trinajstić information content (AvgIpc) is 2.79. The first-order valence-electron chi connectivity index (χ1n) is 9.11. The summed E-state index contributed by atoms with van der Waals surface area (Å²) in [5.74, 6) is 0.145. The maximum Gasteiger partial charge on any atom is 0.257 e. The van der Waals surface area contributed by atoms with Crippen molar-refractivity contribution in [3.05, 3.63) is 59.8 Å². The predicted molar refractivity (Wildman–Crippen MR) is 105 cm³/mol. The molecule has 0 saturated carbocycles. The number of pyridine rings is 1. The number of aromatic nitrogens is 1. The van der Waals surface area contributed by atoms with Gasteiger partial charge in [-0.05, 0) is 44.7 Å². The Labute approximate surface area is 158 Å². The van der Waals surface area contributed by atoms with Gasteiger partial charge in [-0.1, -0.05) is 23.8 Å². The van der Waals surface area contributed by atoms with Gasteiger partial charge in [-0.15, -0.1) is 0 Å². The van der Waals surface area contributed by atoms with E-state index in [0.29, 0.717) is 35.2 Å². The largest absolute Gasteiger partial charge is 0.319 e. The maximum atomic E-state index is 13.3. The van der Waals surface area contributed by atoms with E-state index in [-0.39, 0.29) is 11.8 Å².